The van der Waals surface area contributed by atoms with E-state index >= 15 is 0 Å². The van der Waals surface area contributed by atoms with Gasteiger partial charge in [-0.05, 0) is 74.0 Å². The number of rotatable bonds is 3. The van der Waals surface area contributed by atoms with Gasteiger partial charge in [-0.15, -0.1) is 0 Å². The maximum Gasteiger partial charge on any atom is 0.244 e. The van der Waals surface area contributed by atoms with Crippen LogP contribution in [-0.4, -0.2) is 11.8 Å². The molecule has 4 aliphatic carbocycles. The van der Waals surface area contributed by atoms with Gasteiger partial charge in [0.2, 0.25) is 11.8 Å². The van der Waals surface area contributed by atoms with Crippen molar-refractivity contribution in [2.75, 3.05) is 0 Å². The highest BCUT2D eigenvalue weighted by Gasteiger charge is 2.54. The van der Waals surface area contributed by atoms with Crippen LogP contribution in [0.3, 0.4) is 0 Å². The maximum atomic E-state index is 12.8. The zero-order chi connectivity index (χ0) is 16.7. The summed E-state index contributed by atoms with van der Waals surface area (Å²) < 4.78 is 0. The number of amides is 2. The molecule has 0 saturated heterocycles. The zero-order valence-electron chi connectivity index (χ0n) is 13.7. The van der Waals surface area contributed by atoms with Gasteiger partial charge in [-0.25, -0.2) is 0 Å². The van der Waals surface area contributed by atoms with Crippen LogP contribution >= 0.6 is 11.6 Å². The summed E-state index contributed by atoms with van der Waals surface area (Å²) in [6, 6.07) is 7.17. The average molecular weight is 347 g/mol. The second-order valence-electron chi connectivity index (χ2n) is 8.00. The van der Waals surface area contributed by atoms with E-state index in [1.807, 2.05) is 12.1 Å². The maximum absolute atomic E-state index is 12.8. The fraction of sp³-hybridized carbons (Fsp3) is 0.579. The summed E-state index contributed by atoms with van der Waals surface area (Å²) in [7, 11) is 0. The van der Waals surface area contributed by atoms with E-state index in [-0.39, 0.29) is 23.7 Å². The first kappa shape index (κ1) is 15.9. The molecule has 2 N–H and O–H groups in total. The molecule has 4 bridgehead atoms. The molecule has 0 atom stereocenters. The fourth-order valence-corrected chi connectivity index (χ4v) is 5.61. The van der Waals surface area contributed by atoms with Gasteiger partial charge in [-0.2, -0.15) is 0 Å². The Hall–Kier alpha value is -1.55. The molecule has 24 heavy (non-hydrogen) atoms. The fourth-order valence-electron chi connectivity index (χ4n) is 5.48. The molecule has 2 amide bonds. The predicted molar refractivity (Wildman–Crippen MR) is 92.0 cm³/mol. The van der Waals surface area contributed by atoms with Crippen molar-refractivity contribution in [1.82, 2.24) is 10.9 Å². The highest BCUT2D eigenvalue weighted by Crippen LogP contribution is 2.59. The Kier molecular flexibility index (Phi) is 4.03. The van der Waals surface area contributed by atoms with Crippen molar-refractivity contribution in [2.24, 2.45) is 23.2 Å². The van der Waals surface area contributed by atoms with E-state index in [1.165, 1.54) is 19.3 Å². The minimum atomic E-state index is -0.234. The van der Waals surface area contributed by atoms with Crippen LogP contribution in [0, 0.1) is 23.2 Å². The van der Waals surface area contributed by atoms with Crippen molar-refractivity contribution in [3.8, 4) is 0 Å². The summed E-state index contributed by atoms with van der Waals surface area (Å²) in [5, 5.41) is 0.647. The lowest BCUT2D eigenvalue weighted by molar-refractivity contribution is -0.148. The van der Waals surface area contributed by atoms with Gasteiger partial charge in [0, 0.05) is 5.02 Å². The molecule has 0 unspecified atom stereocenters. The molecule has 4 aliphatic rings. The first-order valence-corrected chi connectivity index (χ1v) is 9.24. The van der Waals surface area contributed by atoms with E-state index in [9.17, 15) is 9.59 Å². The Morgan fingerprint density at radius 2 is 1.50 bits per heavy atom. The molecule has 4 saturated carbocycles. The minimum Gasteiger partial charge on any atom is -0.273 e. The molecule has 0 aromatic heterocycles. The molecule has 0 aliphatic heterocycles. The topological polar surface area (TPSA) is 58.2 Å². The van der Waals surface area contributed by atoms with E-state index < -0.39 is 0 Å². The van der Waals surface area contributed by atoms with Crippen molar-refractivity contribution in [2.45, 2.75) is 44.9 Å². The summed E-state index contributed by atoms with van der Waals surface area (Å²) in [4.78, 5) is 24.8. The first-order valence-electron chi connectivity index (χ1n) is 8.86. The van der Waals surface area contributed by atoms with Crippen molar-refractivity contribution < 1.29 is 9.59 Å². The molecule has 5 rings (SSSR count). The van der Waals surface area contributed by atoms with Gasteiger partial charge in [0.05, 0.1) is 11.8 Å². The van der Waals surface area contributed by atoms with Gasteiger partial charge in [0.1, 0.15) is 0 Å². The molecular weight excluding hydrogens is 324 g/mol. The van der Waals surface area contributed by atoms with Crippen LogP contribution in [0.5, 0.6) is 0 Å². The van der Waals surface area contributed by atoms with Crippen LogP contribution < -0.4 is 10.9 Å². The van der Waals surface area contributed by atoms with Crippen LogP contribution in [0.4, 0.5) is 0 Å². The summed E-state index contributed by atoms with van der Waals surface area (Å²) >= 11 is 5.84. The Morgan fingerprint density at radius 3 is 2.04 bits per heavy atom. The summed E-state index contributed by atoms with van der Waals surface area (Å²) in [6.45, 7) is 0. The van der Waals surface area contributed by atoms with Crippen LogP contribution in [0.15, 0.2) is 24.3 Å². The Balaban J connectivity index is 1.33. The lowest BCUT2D eigenvalue weighted by Crippen LogP contribution is -2.56. The van der Waals surface area contributed by atoms with E-state index in [4.69, 9.17) is 11.6 Å². The molecule has 0 radical (unpaired) electrons. The largest absolute Gasteiger partial charge is 0.273 e. The summed E-state index contributed by atoms with van der Waals surface area (Å²) in [6.07, 6.45) is 7.13. The smallest absolute Gasteiger partial charge is 0.244 e. The standard InChI is InChI=1S/C19H23ClN2O2/c20-16-3-1-12(2-4-16)8-17(23)21-22-18(24)19-9-13-5-14(10-19)7-15(6-13)11-19/h1-4,13-15H,5-11H2,(H,21,23)(H,22,24). The number of hydrazine groups is 1. The van der Waals surface area contributed by atoms with Gasteiger partial charge in [0.15, 0.2) is 0 Å². The zero-order valence-corrected chi connectivity index (χ0v) is 14.4. The molecule has 4 nitrogen and oxygen atoms in total. The molecule has 1 aromatic carbocycles. The van der Waals surface area contributed by atoms with Crippen LogP contribution in [0.2, 0.25) is 5.02 Å². The van der Waals surface area contributed by atoms with Crippen molar-refractivity contribution in [1.29, 1.82) is 0 Å². The number of halogens is 1. The van der Waals surface area contributed by atoms with E-state index in [2.05, 4.69) is 10.9 Å². The van der Waals surface area contributed by atoms with Gasteiger partial charge < -0.3 is 0 Å². The van der Waals surface area contributed by atoms with E-state index in [0.717, 1.165) is 24.8 Å². The van der Waals surface area contributed by atoms with Gasteiger partial charge in [0.25, 0.3) is 0 Å². The van der Waals surface area contributed by atoms with Crippen molar-refractivity contribution >= 4 is 23.4 Å². The predicted octanol–water partition coefficient (Wildman–Crippen LogP) is 3.25. The lowest BCUT2D eigenvalue weighted by Gasteiger charge is -2.55. The van der Waals surface area contributed by atoms with Gasteiger partial charge in [-0.3, -0.25) is 20.4 Å². The highest BCUT2D eigenvalue weighted by molar-refractivity contribution is 6.30. The van der Waals surface area contributed by atoms with E-state index in [0.29, 0.717) is 22.8 Å². The van der Waals surface area contributed by atoms with Crippen molar-refractivity contribution in [3.63, 3.8) is 0 Å². The third-order valence-electron chi connectivity index (χ3n) is 6.11. The highest BCUT2D eigenvalue weighted by atomic mass is 35.5. The molecule has 5 heteroatoms. The monoisotopic (exact) mass is 346 g/mol. The lowest BCUT2D eigenvalue weighted by atomic mass is 9.49. The summed E-state index contributed by atoms with van der Waals surface area (Å²) in [5.74, 6) is 1.96. The van der Waals surface area contributed by atoms with E-state index in [1.54, 1.807) is 12.1 Å². The van der Waals surface area contributed by atoms with Gasteiger partial charge in [-0.1, -0.05) is 23.7 Å². The number of nitrogens with one attached hydrogen (secondary N) is 2. The number of carbonyl (C=O) groups excluding carboxylic acids is 2. The number of carbonyl (C=O) groups is 2. The van der Waals surface area contributed by atoms with Crippen molar-refractivity contribution in [3.05, 3.63) is 34.9 Å². The Bertz CT molecular complexity index is 621. The Morgan fingerprint density at radius 1 is 0.958 bits per heavy atom. The number of hydrogen-bond donors (Lipinski definition) is 2. The minimum absolute atomic E-state index is 0.0195. The Labute approximate surface area is 147 Å². The molecule has 1 aromatic rings. The normalized spacial score (nSPS) is 33.3. The molecule has 0 heterocycles. The van der Waals surface area contributed by atoms with Crippen LogP contribution in [0.1, 0.15) is 44.1 Å². The quantitative estimate of drug-likeness (QED) is 0.825. The third kappa shape index (κ3) is 3.04. The SMILES string of the molecule is O=C(Cc1ccc(Cl)cc1)NNC(=O)C12CC3CC(CC(C3)C1)C2. The molecule has 4 fully saturated rings. The molecule has 0 spiro atoms. The second-order valence-corrected chi connectivity index (χ2v) is 8.44. The van der Waals surface area contributed by atoms with Crippen LogP contribution in [-0.2, 0) is 16.0 Å². The molecule has 128 valence electrons. The second kappa shape index (κ2) is 6.07. The number of hydrogen-bond acceptors (Lipinski definition) is 2. The third-order valence-corrected chi connectivity index (χ3v) is 6.37. The average Bonchev–Trinajstić information content (AvgIpc) is 2.53. The molecular formula is C19H23ClN2O2. The van der Waals surface area contributed by atoms with Crippen LogP contribution in [0.25, 0.3) is 0 Å². The van der Waals surface area contributed by atoms with Gasteiger partial charge >= 0.3 is 0 Å². The number of benzene rings is 1. The summed E-state index contributed by atoms with van der Waals surface area (Å²) in [5.41, 5.74) is 5.95. The first-order chi connectivity index (χ1) is 11.5.